The van der Waals surface area contributed by atoms with Crippen LogP contribution in [-0.2, 0) is 6.54 Å². The van der Waals surface area contributed by atoms with Gasteiger partial charge in [-0.3, -0.25) is 9.36 Å². The van der Waals surface area contributed by atoms with Gasteiger partial charge in [-0.05, 0) is 42.0 Å². The van der Waals surface area contributed by atoms with E-state index in [0.29, 0.717) is 20.3 Å². The van der Waals surface area contributed by atoms with Crippen LogP contribution in [0.2, 0.25) is 0 Å². The van der Waals surface area contributed by atoms with Crippen LogP contribution in [0, 0.1) is 11.6 Å². The number of nitrogens with zero attached hydrogens (tertiary/aromatic N) is 2. The Hall–Kier alpha value is -3.10. The van der Waals surface area contributed by atoms with E-state index < -0.39 is 17.1 Å². The highest BCUT2D eigenvalue weighted by Crippen LogP contribution is 2.31. The minimum atomic E-state index is -0.692. The van der Waals surface area contributed by atoms with Gasteiger partial charge in [0.25, 0.3) is 5.56 Å². The SMILES string of the molecule is O=c1c2sc3ccccc3c2n(Cc2ccc(F)cc2)c(=O)n1-c1ccc(Br)cc1F. The molecule has 4 nitrogen and oxygen atoms in total. The summed E-state index contributed by atoms with van der Waals surface area (Å²) in [5.74, 6) is -1.08. The fourth-order valence-corrected chi connectivity index (χ4v) is 5.11. The maximum atomic E-state index is 14.7. The Morgan fingerprint density at radius 2 is 1.68 bits per heavy atom. The van der Waals surface area contributed by atoms with E-state index in [1.165, 1.54) is 40.2 Å². The van der Waals surface area contributed by atoms with Crippen LogP contribution in [0.3, 0.4) is 0 Å². The summed E-state index contributed by atoms with van der Waals surface area (Å²) in [6, 6.07) is 17.4. The molecule has 5 rings (SSSR count). The van der Waals surface area contributed by atoms with Gasteiger partial charge in [0.1, 0.15) is 16.3 Å². The monoisotopic (exact) mass is 498 g/mol. The van der Waals surface area contributed by atoms with Crippen LogP contribution in [0.25, 0.3) is 26.0 Å². The summed E-state index contributed by atoms with van der Waals surface area (Å²) in [5.41, 5.74) is -0.176. The molecule has 3 aromatic carbocycles. The second-order valence-corrected chi connectivity index (χ2v) is 8.98. The lowest BCUT2D eigenvalue weighted by atomic mass is 10.2. The van der Waals surface area contributed by atoms with Crippen molar-refractivity contribution in [2.24, 2.45) is 0 Å². The highest BCUT2D eigenvalue weighted by atomic mass is 79.9. The molecule has 0 fully saturated rings. The zero-order valence-corrected chi connectivity index (χ0v) is 18.2. The normalized spacial score (nSPS) is 11.5. The molecule has 0 bridgehead atoms. The molecule has 0 aliphatic carbocycles. The smallest absolute Gasteiger partial charge is 0.287 e. The lowest BCUT2D eigenvalue weighted by Crippen LogP contribution is -2.39. The maximum Gasteiger partial charge on any atom is 0.336 e. The molecular formula is C23H13BrF2N2O2S. The van der Waals surface area contributed by atoms with Crippen molar-refractivity contribution in [3.8, 4) is 5.69 Å². The first-order valence-corrected chi connectivity index (χ1v) is 10.9. The minimum Gasteiger partial charge on any atom is -0.287 e. The number of benzene rings is 3. The summed E-state index contributed by atoms with van der Waals surface area (Å²) < 4.78 is 32.1. The summed E-state index contributed by atoms with van der Waals surface area (Å²) in [7, 11) is 0. The van der Waals surface area contributed by atoms with Gasteiger partial charge >= 0.3 is 5.69 Å². The summed E-state index contributed by atoms with van der Waals surface area (Å²) in [6.07, 6.45) is 0. The van der Waals surface area contributed by atoms with Crippen molar-refractivity contribution >= 4 is 47.6 Å². The number of thiophene rings is 1. The first kappa shape index (κ1) is 19.8. The topological polar surface area (TPSA) is 44.0 Å². The van der Waals surface area contributed by atoms with Crippen LogP contribution in [0.1, 0.15) is 5.56 Å². The Morgan fingerprint density at radius 1 is 0.935 bits per heavy atom. The molecule has 2 aromatic heterocycles. The molecule has 8 heteroatoms. The summed E-state index contributed by atoms with van der Waals surface area (Å²) in [5, 5.41) is 0.766. The summed E-state index contributed by atoms with van der Waals surface area (Å²) in [6.45, 7) is 0.106. The first-order chi connectivity index (χ1) is 14.9. The van der Waals surface area contributed by atoms with E-state index in [0.717, 1.165) is 14.7 Å². The number of rotatable bonds is 3. The average Bonchev–Trinajstić information content (AvgIpc) is 3.14. The Bertz CT molecular complexity index is 1590. The highest BCUT2D eigenvalue weighted by molar-refractivity contribution is 9.10. The van der Waals surface area contributed by atoms with E-state index in [4.69, 9.17) is 0 Å². The Balaban J connectivity index is 1.89. The van der Waals surface area contributed by atoms with Crippen LogP contribution in [-0.4, -0.2) is 9.13 Å². The Labute approximate surface area is 186 Å². The van der Waals surface area contributed by atoms with Crippen molar-refractivity contribution in [2.45, 2.75) is 6.54 Å². The van der Waals surface area contributed by atoms with Crippen molar-refractivity contribution in [1.29, 1.82) is 0 Å². The quantitative estimate of drug-likeness (QED) is 0.331. The van der Waals surface area contributed by atoms with Crippen molar-refractivity contribution < 1.29 is 8.78 Å². The zero-order chi connectivity index (χ0) is 21.7. The maximum absolute atomic E-state index is 14.7. The fourth-order valence-electron chi connectivity index (χ4n) is 3.64. The van der Waals surface area contributed by atoms with E-state index in [1.807, 2.05) is 24.3 Å². The number of aromatic nitrogens is 2. The lowest BCUT2D eigenvalue weighted by Gasteiger charge is -2.13. The molecule has 0 radical (unpaired) electrons. The molecule has 154 valence electrons. The molecule has 0 aliphatic rings. The van der Waals surface area contributed by atoms with Gasteiger partial charge in [-0.1, -0.05) is 46.3 Å². The third-order valence-corrected chi connectivity index (χ3v) is 6.70. The molecule has 0 saturated carbocycles. The number of fused-ring (bicyclic) bond motifs is 3. The van der Waals surface area contributed by atoms with Gasteiger partial charge in [-0.2, -0.15) is 0 Å². The fraction of sp³-hybridized carbons (Fsp3) is 0.0435. The van der Waals surface area contributed by atoms with E-state index >= 15 is 0 Å². The predicted molar refractivity (Wildman–Crippen MR) is 122 cm³/mol. The van der Waals surface area contributed by atoms with Gasteiger partial charge in [-0.15, -0.1) is 11.3 Å². The molecule has 0 unspecified atom stereocenters. The summed E-state index contributed by atoms with van der Waals surface area (Å²) in [4.78, 5) is 26.9. The molecule has 0 saturated heterocycles. The molecule has 0 amide bonds. The highest BCUT2D eigenvalue weighted by Gasteiger charge is 2.21. The van der Waals surface area contributed by atoms with Crippen molar-refractivity contribution in [3.63, 3.8) is 0 Å². The van der Waals surface area contributed by atoms with Gasteiger partial charge < -0.3 is 0 Å². The first-order valence-electron chi connectivity index (χ1n) is 9.31. The standard InChI is InChI=1S/C23H13BrF2N2O2S/c24-14-7-10-18(17(26)11-14)28-22(29)21-20(16-3-1-2-4-19(16)31-21)27(23(28)30)12-13-5-8-15(25)9-6-13/h1-11H,12H2. The number of halogens is 3. The van der Waals surface area contributed by atoms with Gasteiger partial charge in [0.05, 0.1) is 17.7 Å². The number of hydrogen-bond acceptors (Lipinski definition) is 3. The van der Waals surface area contributed by atoms with Crippen LogP contribution < -0.4 is 11.2 Å². The van der Waals surface area contributed by atoms with Crippen LogP contribution >= 0.6 is 27.3 Å². The summed E-state index contributed by atoms with van der Waals surface area (Å²) >= 11 is 4.45. The van der Waals surface area contributed by atoms with Crippen molar-refractivity contribution in [3.05, 3.63) is 109 Å². The van der Waals surface area contributed by atoms with Crippen molar-refractivity contribution in [1.82, 2.24) is 9.13 Å². The lowest BCUT2D eigenvalue weighted by molar-refractivity contribution is 0.605. The predicted octanol–water partition coefficient (Wildman–Crippen LogP) is 5.46. The third kappa shape index (κ3) is 3.32. The minimum absolute atomic E-state index is 0.106. The zero-order valence-electron chi connectivity index (χ0n) is 15.8. The van der Waals surface area contributed by atoms with Gasteiger partial charge in [-0.25, -0.2) is 18.1 Å². The van der Waals surface area contributed by atoms with E-state index in [9.17, 15) is 18.4 Å². The Morgan fingerprint density at radius 3 is 2.42 bits per heavy atom. The Kier molecular flexibility index (Phi) is 4.83. The number of hydrogen-bond donors (Lipinski definition) is 0. The van der Waals surface area contributed by atoms with Gasteiger partial charge in [0.2, 0.25) is 0 Å². The largest absolute Gasteiger partial charge is 0.336 e. The van der Waals surface area contributed by atoms with Gasteiger partial charge in [0.15, 0.2) is 0 Å². The molecule has 5 aromatic rings. The molecule has 0 atom stereocenters. The molecule has 31 heavy (non-hydrogen) atoms. The van der Waals surface area contributed by atoms with Crippen LogP contribution in [0.5, 0.6) is 0 Å². The molecule has 0 aliphatic heterocycles. The second kappa shape index (κ2) is 7.55. The molecule has 0 N–H and O–H groups in total. The molecular weight excluding hydrogens is 486 g/mol. The van der Waals surface area contributed by atoms with Gasteiger partial charge in [0, 0.05) is 14.6 Å². The van der Waals surface area contributed by atoms with E-state index in [-0.39, 0.29) is 18.0 Å². The average molecular weight is 499 g/mol. The van der Waals surface area contributed by atoms with Crippen LogP contribution in [0.15, 0.2) is 80.8 Å². The van der Waals surface area contributed by atoms with Crippen LogP contribution in [0.4, 0.5) is 8.78 Å². The molecule has 0 spiro atoms. The molecule has 2 heterocycles. The van der Waals surface area contributed by atoms with Crippen molar-refractivity contribution in [2.75, 3.05) is 0 Å². The van der Waals surface area contributed by atoms with E-state index in [1.54, 1.807) is 18.2 Å². The van der Waals surface area contributed by atoms with E-state index in [2.05, 4.69) is 15.9 Å². The second-order valence-electron chi connectivity index (χ2n) is 7.01. The third-order valence-electron chi connectivity index (χ3n) is 5.06.